The fourth-order valence-electron chi connectivity index (χ4n) is 2.14. The van der Waals surface area contributed by atoms with Gasteiger partial charge in [-0.15, -0.1) is 10.2 Å². The van der Waals surface area contributed by atoms with E-state index in [2.05, 4.69) is 10.2 Å². The Labute approximate surface area is 145 Å². The fourth-order valence-corrected chi connectivity index (χ4v) is 2.81. The van der Waals surface area contributed by atoms with Gasteiger partial charge >= 0.3 is 35.3 Å². The summed E-state index contributed by atoms with van der Waals surface area (Å²) in [7, 11) is 0. The molecule has 27 heavy (non-hydrogen) atoms. The zero-order valence-corrected chi connectivity index (χ0v) is 13.4. The van der Waals surface area contributed by atoms with E-state index in [1.165, 1.54) is 6.92 Å². The number of rotatable bonds is 3. The number of aryl methyl sites for hydroxylation is 1. The van der Waals surface area contributed by atoms with E-state index in [4.69, 9.17) is 0 Å². The minimum absolute atomic E-state index is 0.0302. The molecule has 0 bridgehead atoms. The van der Waals surface area contributed by atoms with E-state index < -0.39 is 46.3 Å². The number of hydrogen-bond donors (Lipinski definition) is 1. The number of nitrogens with one attached hydrogen (secondary N) is 1. The van der Waals surface area contributed by atoms with Crippen LogP contribution in [0.2, 0.25) is 0 Å². The van der Waals surface area contributed by atoms with Crippen molar-refractivity contribution in [3.63, 3.8) is 0 Å². The van der Waals surface area contributed by atoms with Crippen molar-refractivity contribution in [3.05, 3.63) is 5.01 Å². The van der Waals surface area contributed by atoms with Gasteiger partial charge in [0.2, 0.25) is 5.13 Å². The second kappa shape index (κ2) is 5.64. The first kappa shape index (κ1) is 21.6. The van der Waals surface area contributed by atoms with Crippen molar-refractivity contribution < 1.29 is 53.1 Å². The molecule has 1 aliphatic carbocycles. The molecule has 0 radical (unpaired) electrons. The highest BCUT2D eigenvalue weighted by molar-refractivity contribution is 7.15. The van der Waals surface area contributed by atoms with Crippen LogP contribution in [0.5, 0.6) is 0 Å². The van der Waals surface area contributed by atoms with E-state index in [1.807, 2.05) is 0 Å². The Hall–Kier alpha value is -1.74. The Bertz CT molecular complexity index is 732. The van der Waals surface area contributed by atoms with Gasteiger partial charge in [0.05, 0.1) is 0 Å². The Kier molecular flexibility index (Phi) is 4.50. The molecule has 1 amide bonds. The topological polar surface area (TPSA) is 54.9 Å². The first-order chi connectivity index (χ1) is 11.9. The van der Waals surface area contributed by atoms with Crippen LogP contribution in [-0.2, 0) is 11.2 Å². The van der Waals surface area contributed by atoms with Gasteiger partial charge in [-0.1, -0.05) is 18.3 Å². The Morgan fingerprint density at radius 1 is 0.815 bits per heavy atom. The van der Waals surface area contributed by atoms with E-state index in [9.17, 15) is 53.1 Å². The Morgan fingerprint density at radius 3 is 1.59 bits per heavy atom. The predicted octanol–water partition coefficient (Wildman–Crippen LogP) is 3.94. The molecule has 0 atom stereocenters. The molecule has 0 aromatic carbocycles. The van der Waals surface area contributed by atoms with Crippen molar-refractivity contribution in [2.24, 2.45) is 0 Å². The van der Waals surface area contributed by atoms with Crippen LogP contribution in [0, 0.1) is 0 Å². The Balaban J connectivity index is 2.64. The number of anilines is 1. The second-order valence-electron chi connectivity index (χ2n) is 5.34. The Morgan fingerprint density at radius 2 is 1.22 bits per heavy atom. The summed E-state index contributed by atoms with van der Waals surface area (Å²) in [4.78, 5) is 11.6. The summed E-state index contributed by atoms with van der Waals surface area (Å²) >= 11 is 0.290. The molecule has 1 saturated carbocycles. The largest absolute Gasteiger partial charge is 0.384 e. The molecule has 0 spiro atoms. The molecule has 1 N–H and O–H groups in total. The molecule has 0 saturated heterocycles. The smallest absolute Gasteiger partial charge is 0.297 e. The monoisotopic (exact) mass is 437 g/mol. The fraction of sp³-hybridized carbons (Fsp3) is 0.727. The summed E-state index contributed by atoms with van der Waals surface area (Å²) in [5, 5.41) is 6.18. The quantitative estimate of drug-likeness (QED) is 0.730. The van der Waals surface area contributed by atoms with Crippen molar-refractivity contribution >= 4 is 22.4 Å². The highest BCUT2D eigenvalue weighted by Gasteiger charge is 3.02. The number of carbonyl (C=O) groups excluding carboxylic acids is 1. The number of carbonyl (C=O) groups is 1. The molecule has 154 valence electrons. The lowest BCUT2D eigenvalue weighted by Crippen LogP contribution is -2.86. The lowest BCUT2D eigenvalue weighted by Gasteiger charge is -2.51. The molecular weight excluding hydrogens is 431 g/mol. The summed E-state index contributed by atoms with van der Waals surface area (Å²) in [6.45, 7) is 1.45. The van der Waals surface area contributed by atoms with E-state index in [0.717, 1.165) is 5.32 Å². The molecule has 1 aliphatic rings. The van der Waals surface area contributed by atoms with Crippen LogP contribution < -0.4 is 5.32 Å². The van der Waals surface area contributed by atoms with Crippen LogP contribution in [0.4, 0.5) is 53.4 Å². The van der Waals surface area contributed by atoms with Crippen molar-refractivity contribution in [1.29, 1.82) is 0 Å². The third-order valence-electron chi connectivity index (χ3n) is 3.75. The third-order valence-corrected chi connectivity index (χ3v) is 4.73. The number of nitrogens with zero attached hydrogens (tertiary/aromatic N) is 2. The lowest BCUT2D eigenvalue weighted by molar-refractivity contribution is -0.475. The molecule has 0 unspecified atom stereocenters. The molecule has 0 aliphatic heterocycles. The molecule has 1 fully saturated rings. The van der Waals surface area contributed by atoms with Gasteiger partial charge in [-0.3, -0.25) is 10.1 Å². The summed E-state index contributed by atoms with van der Waals surface area (Å²) in [6.07, 6.45) is 0.100. The number of aromatic nitrogens is 2. The lowest BCUT2D eigenvalue weighted by atomic mass is 9.71. The van der Waals surface area contributed by atoms with Crippen LogP contribution in [0.3, 0.4) is 0 Å². The van der Waals surface area contributed by atoms with Gasteiger partial charge in [0.15, 0.2) is 0 Å². The van der Waals surface area contributed by atoms with E-state index in [1.54, 1.807) is 0 Å². The SMILES string of the molecule is CCc1nnc(NC(=O)C2(F)C(F)(F)C(F)(F)C(F)(F)C(F)(F)C2(F)F)s1. The molecule has 4 nitrogen and oxygen atoms in total. The van der Waals surface area contributed by atoms with Gasteiger partial charge in [0.1, 0.15) is 5.01 Å². The van der Waals surface area contributed by atoms with Crippen LogP contribution in [0.25, 0.3) is 0 Å². The molecule has 1 aromatic heterocycles. The van der Waals surface area contributed by atoms with E-state index in [0.29, 0.717) is 0 Å². The molecular formula is C11H6F11N3OS. The summed E-state index contributed by atoms with van der Waals surface area (Å²) in [5.41, 5.74) is -6.74. The first-order valence-corrected chi connectivity index (χ1v) is 7.47. The van der Waals surface area contributed by atoms with Gasteiger partial charge in [-0.05, 0) is 6.42 Å². The highest BCUT2D eigenvalue weighted by atomic mass is 32.1. The highest BCUT2D eigenvalue weighted by Crippen LogP contribution is 2.69. The second-order valence-corrected chi connectivity index (χ2v) is 6.40. The van der Waals surface area contributed by atoms with Crippen molar-refractivity contribution in [2.75, 3.05) is 5.32 Å². The average molecular weight is 437 g/mol. The summed E-state index contributed by atoms with van der Waals surface area (Å²) in [5.74, 6) is -39.9. The zero-order valence-electron chi connectivity index (χ0n) is 12.6. The minimum Gasteiger partial charge on any atom is -0.297 e. The van der Waals surface area contributed by atoms with E-state index >= 15 is 0 Å². The van der Waals surface area contributed by atoms with Crippen molar-refractivity contribution in [3.8, 4) is 0 Å². The molecule has 16 heteroatoms. The van der Waals surface area contributed by atoms with Gasteiger partial charge in [0, 0.05) is 0 Å². The molecule has 1 heterocycles. The van der Waals surface area contributed by atoms with Crippen LogP contribution >= 0.6 is 11.3 Å². The normalized spacial score (nSPS) is 26.4. The average Bonchev–Trinajstić information content (AvgIpc) is 2.99. The minimum atomic E-state index is -7.37. The third kappa shape index (κ3) is 2.24. The van der Waals surface area contributed by atoms with Gasteiger partial charge < -0.3 is 0 Å². The van der Waals surface area contributed by atoms with Gasteiger partial charge in [-0.25, -0.2) is 4.39 Å². The predicted molar refractivity (Wildman–Crippen MR) is 66.5 cm³/mol. The van der Waals surface area contributed by atoms with Gasteiger partial charge in [-0.2, -0.15) is 43.9 Å². The molecule has 2 rings (SSSR count). The summed E-state index contributed by atoms with van der Waals surface area (Å²) < 4.78 is 148. The van der Waals surface area contributed by atoms with Crippen molar-refractivity contribution in [2.45, 2.75) is 48.6 Å². The molecule has 1 aromatic rings. The number of hydrogen-bond acceptors (Lipinski definition) is 4. The van der Waals surface area contributed by atoms with Crippen LogP contribution in [0.1, 0.15) is 11.9 Å². The zero-order chi connectivity index (χ0) is 21.3. The maximum Gasteiger partial charge on any atom is 0.384 e. The van der Waals surface area contributed by atoms with Crippen molar-refractivity contribution in [1.82, 2.24) is 10.2 Å². The van der Waals surface area contributed by atoms with Crippen LogP contribution in [-0.4, -0.2) is 51.4 Å². The van der Waals surface area contributed by atoms with Gasteiger partial charge in [0.25, 0.3) is 5.91 Å². The number of amides is 1. The number of alkyl halides is 11. The maximum absolute atomic E-state index is 14.4. The number of halogens is 11. The summed E-state index contributed by atoms with van der Waals surface area (Å²) in [6, 6.07) is 0. The standard InChI is InChI=1S/C11H6F11N3OS/c1-2-3-24-25-5(27-3)23-4(26)6(12)7(13,14)9(17,18)11(21,22)10(19,20)8(6,15)16/h2H2,1H3,(H,23,25,26). The maximum atomic E-state index is 14.4. The first-order valence-electron chi connectivity index (χ1n) is 6.65. The van der Waals surface area contributed by atoms with E-state index in [-0.39, 0.29) is 22.8 Å². The van der Waals surface area contributed by atoms with Crippen LogP contribution in [0.15, 0.2) is 0 Å².